The van der Waals surface area contributed by atoms with E-state index in [9.17, 15) is 43.2 Å². The third-order valence-electron chi connectivity index (χ3n) is 17.4. The average molecular weight is 1550 g/mol. The number of phosphoric acid groups is 2. The lowest BCUT2D eigenvalue weighted by molar-refractivity contribution is -0.161. The van der Waals surface area contributed by atoms with Crippen molar-refractivity contribution in [3.8, 4) is 0 Å². The SMILES string of the molecule is CC/C=C\C/C=C\C/C=C\C/C=C\C/C=C\C/C=C\CCC(=O)OC[C@H](COP(=O)(O)OC[C@@H](O)COP(=O)(O)OC[C@@H](COC(=O)CCCCCCCCCCCCCCCCC)OC(=O)CCCCCCCCCCCCCCCCC)OC(=O)CC/C=C\C/C=C\C/C=C\C/C=C\C/C=C\C/C=C\CC. The topological polar surface area (TPSA) is 237 Å². The summed E-state index contributed by atoms with van der Waals surface area (Å²) in [5.74, 6) is -2.36. The second kappa shape index (κ2) is 80.0. The van der Waals surface area contributed by atoms with Crippen LogP contribution in [0.3, 0.4) is 0 Å². The summed E-state index contributed by atoms with van der Waals surface area (Å²) >= 11 is 0. The molecule has 0 bridgehead atoms. The van der Waals surface area contributed by atoms with Gasteiger partial charge in [0.25, 0.3) is 0 Å². The number of allylic oxidation sites excluding steroid dienone is 24. The number of rotatable bonds is 78. The Balaban J connectivity index is 5.50. The third-order valence-corrected chi connectivity index (χ3v) is 19.3. The third kappa shape index (κ3) is 79.0. The van der Waals surface area contributed by atoms with Crippen molar-refractivity contribution in [1.29, 1.82) is 0 Å². The van der Waals surface area contributed by atoms with Crippen molar-refractivity contribution in [1.82, 2.24) is 0 Å². The van der Waals surface area contributed by atoms with Gasteiger partial charge in [-0.25, -0.2) is 9.13 Å². The molecule has 2 unspecified atom stereocenters. The molecule has 19 heteroatoms. The first-order chi connectivity index (χ1) is 52.7. The van der Waals surface area contributed by atoms with Gasteiger partial charge in [-0.15, -0.1) is 0 Å². The maximum absolute atomic E-state index is 13.1. The van der Waals surface area contributed by atoms with Gasteiger partial charge in [0.15, 0.2) is 12.2 Å². The minimum atomic E-state index is -5.02. The molecule has 0 saturated carbocycles. The minimum absolute atomic E-state index is 0.0163. The van der Waals surface area contributed by atoms with E-state index in [-0.39, 0.29) is 25.7 Å². The number of unbranched alkanes of at least 4 members (excludes halogenated alkanes) is 28. The molecule has 0 heterocycles. The summed E-state index contributed by atoms with van der Waals surface area (Å²) in [4.78, 5) is 73.1. The van der Waals surface area contributed by atoms with E-state index in [1.807, 2.05) is 36.5 Å². The predicted molar refractivity (Wildman–Crippen MR) is 445 cm³/mol. The molecule has 0 aliphatic rings. The van der Waals surface area contributed by atoms with Gasteiger partial charge in [-0.05, 0) is 103 Å². The summed E-state index contributed by atoms with van der Waals surface area (Å²) in [6.45, 7) is 4.52. The zero-order valence-electron chi connectivity index (χ0n) is 67.7. The molecule has 108 heavy (non-hydrogen) atoms. The van der Waals surface area contributed by atoms with Gasteiger partial charge in [-0.2, -0.15) is 0 Å². The molecule has 3 N–H and O–H groups in total. The standard InChI is InChI=1S/C89H150O17P2/c1-5-9-13-17-21-25-29-33-37-39-41-43-47-50-54-58-62-66-70-74-87(92)100-80-85(106-89(94)76-72-68-64-60-56-52-48-44-42-40-38-34-30-26-22-18-14-10-6-2)82-104-108(97,98)102-78-83(90)77-101-107(95,96)103-81-84(105-88(93)75-71-67-63-59-55-51-46-36-32-28-24-20-16-12-8-4)79-99-86(91)73-69-65-61-57-53-49-45-35-31-27-23-19-15-11-7-3/h9-10,13-14,21-22,25-26,33-34,37-38,41-44,50,52,54,56,62,64,66,68,83-85,90H,5-8,11-12,15-20,23-24,27-32,35-36,39-40,45-49,51,53,55,57-61,63,65,67,69-82H2,1-4H3,(H,95,96)(H,97,98)/b13-9-,14-10-,25-21-,26-22-,37-33-,38-34-,43-41-,44-42-,54-50-,56-52-,66-62-,68-64-/t83-,84+,85+/m0/s1. The molecule has 0 amide bonds. The summed E-state index contributed by atoms with van der Waals surface area (Å²) in [5.41, 5.74) is 0. The van der Waals surface area contributed by atoms with Crippen LogP contribution in [0.15, 0.2) is 146 Å². The Morgan fingerprint density at radius 1 is 0.269 bits per heavy atom. The highest BCUT2D eigenvalue weighted by molar-refractivity contribution is 7.47. The molecule has 0 radical (unpaired) electrons. The van der Waals surface area contributed by atoms with Crippen LogP contribution in [0.25, 0.3) is 0 Å². The first-order valence-corrected chi connectivity index (χ1v) is 45.1. The highest BCUT2D eigenvalue weighted by Crippen LogP contribution is 2.45. The molecule has 0 aliphatic carbocycles. The van der Waals surface area contributed by atoms with Crippen molar-refractivity contribution in [3.63, 3.8) is 0 Å². The van der Waals surface area contributed by atoms with E-state index in [0.717, 1.165) is 109 Å². The van der Waals surface area contributed by atoms with Crippen LogP contribution in [-0.2, 0) is 65.4 Å². The molecule has 0 aromatic carbocycles. The Morgan fingerprint density at radius 2 is 0.481 bits per heavy atom. The van der Waals surface area contributed by atoms with Gasteiger partial charge in [0.1, 0.15) is 19.3 Å². The summed E-state index contributed by atoms with van der Waals surface area (Å²) in [7, 11) is -10.0. The lowest BCUT2D eigenvalue weighted by Crippen LogP contribution is -2.30. The average Bonchev–Trinajstić information content (AvgIpc) is 0.896. The van der Waals surface area contributed by atoms with E-state index in [1.165, 1.54) is 135 Å². The van der Waals surface area contributed by atoms with Crippen LogP contribution >= 0.6 is 15.6 Å². The van der Waals surface area contributed by atoms with Gasteiger partial charge in [0, 0.05) is 25.7 Å². The molecule has 5 atom stereocenters. The predicted octanol–water partition coefficient (Wildman–Crippen LogP) is 25.0. The summed E-state index contributed by atoms with van der Waals surface area (Å²) in [5, 5.41) is 10.7. The first kappa shape index (κ1) is 103. The van der Waals surface area contributed by atoms with Gasteiger partial charge < -0.3 is 33.8 Å². The van der Waals surface area contributed by atoms with Crippen LogP contribution in [0.2, 0.25) is 0 Å². The number of carbonyl (C=O) groups is 4. The Morgan fingerprint density at radius 3 is 0.759 bits per heavy atom. The van der Waals surface area contributed by atoms with Crippen molar-refractivity contribution in [2.45, 2.75) is 354 Å². The maximum atomic E-state index is 13.1. The number of hydrogen-bond donors (Lipinski definition) is 3. The molecule has 0 spiro atoms. The van der Waals surface area contributed by atoms with Crippen molar-refractivity contribution in [3.05, 3.63) is 146 Å². The fourth-order valence-electron chi connectivity index (χ4n) is 11.0. The number of hydrogen-bond acceptors (Lipinski definition) is 15. The van der Waals surface area contributed by atoms with Crippen LogP contribution in [0, 0.1) is 0 Å². The normalized spacial score (nSPS) is 14.5. The van der Waals surface area contributed by atoms with E-state index in [1.54, 1.807) is 0 Å². The van der Waals surface area contributed by atoms with Gasteiger partial charge >= 0.3 is 39.5 Å². The zero-order chi connectivity index (χ0) is 78.9. The number of phosphoric ester groups is 2. The molecular weight excluding hydrogens is 1400 g/mol. The number of carbonyl (C=O) groups excluding carboxylic acids is 4. The molecule has 0 saturated heterocycles. The summed E-state index contributed by atoms with van der Waals surface area (Å²) in [6, 6.07) is 0. The molecule has 0 aromatic rings. The molecule has 17 nitrogen and oxygen atoms in total. The van der Waals surface area contributed by atoms with E-state index in [2.05, 4.69) is 137 Å². The number of ether oxygens (including phenoxy) is 4. The monoisotopic (exact) mass is 1550 g/mol. The van der Waals surface area contributed by atoms with Crippen molar-refractivity contribution in [2.24, 2.45) is 0 Å². The van der Waals surface area contributed by atoms with E-state index < -0.39 is 97.5 Å². The van der Waals surface area contributed by atoms with Gasteiger partial charge in [0.05, 0.1) is 26.4 Å². The second-order valence-electron chi connectivity index (χ2n) is 27.7. The van der Waals surface area contributed by atoms with E-state index >= 15 is 0 Å². The smallest absolute Gasteiger partial charge is 0.462 e. The van der Waals surface area contributed by atoms with Crippen molar-refractivity contribution in [2.75, 3.05) is 39.6 Å². The van der Waals surface area contributed by atoms with Gasteiger partial charge in [-0.3, -0.25) is 37.3 Å². The number of esters is 4. The Kier molecular flexibility index (Phi) is 76.3. The molecular formula is C89H150O17P2. The lowest BCUT2D eigenvalue weighted by atomic mass is 10.0. The Bertz CT molecular complexity index is 2610. The van der Waals surface area contributed by atoms with E-state index in [4.69, 9.17) is 37.0 Å². The Labute approximate surface area is 656 Å². The van der Waals surface area contributed by atoms with Crippen LogP contribution in [0.5, 0.6) is 0 Å². The fourth-order valence-corrected chi connectivity index (χ4v) is 12.6. The minimum Gasteiger partial charge on any atom is -0.462 e. The van der Waals surface area contributed by atoms with Crippen LogP contribution in [0.4, 0.5) is 0 Å². The highest BCUT2D eigenvalue weighted by Gasteiger charge is 2.30. The second-order valence-corrected chi connectivity index (χ2v) is 30.6. The van der Waals surface area contributed by atoms with Gasteiger partial charge in [-0.1, -0.05) is 353 Å². The Hall–Kier alpha value is -5.06. The quantitative estimate of drug-likeness (QED) is 0.0169. The number of aliphatic hydroxyl groups excluding tert-OH is 1. The van der Waals surface area contributed by atoms with Crippen LogP contribution < -0.4 is 0 Å². The molecule has 0 aliphatic heterocycles. The van der Waals surface area contributed by atoms with Crippen LogP contribution in [-0.4, -0.2) is 96.7 Å². The van der Waals surface area contributed by atoms with Gasteiger partial charge in [0.2, 0.25) is 0 Å². The molecule has 618 valence electrons. The van der Waals surface area contributed by atoms with Crippen molar-refractivity contribution >= 4 is 39.5 Å². The van der Waals surface area contributed by atoms with Crippen LogP contribution in [0.1, 0.15) is 336 Å². The molecule has 0 fully saturated rings. The fraction of sp³-hybridized carbons (Fsp3) is 0.685. The lowest BCUT2D eigenvalue weighted by Gasteiger charge is -2.21. The largest absolute Gasteiger partial charge is 0.472 e. The molecule has 0 rings (SSSR count). The zero-order valence-corrected chi connectivity index (χ0v) is 69.5. The summed E-state index contributed by atoms with van der Waals surface area (Å²) in [6.07, 6.45) is 92.8. The molecule has 0 aromatic heterocycles. The van der Waals surface area contributed by atoms with E-state index in [0.29, 0.717) is 38.5 Å². The number of aliphatic hydroxyl groups is 1. The van der Waals surface area contributed by atoms with Crippen molar-refractivity contribution < 1.29 is 80.2 Å². The summed E-state index contributed by atoms with van der Waals surface area (Å²) < 4.78 is 68.6. The highest BCUT2D eigenvalue weighted by atomic mass is 31.2. The first-order valence-electron chi connectivity index (χ1n) is 42.1. The maximum Gasteiger partial charge on any atom is 0.472 e.